The Morgan fingerprint density at radius 1 is 1.25 bits per heavy atom. The van der Waals surface area contributed by atoms with E-state index in [2.05, 4.69) is 0 Å². The van der Waals surface area contributed by atoms with E-state index in [4.69, 9.17) is 16.4 Å². The highest BCUT2D eigenvalue weighted by atomic mass is 16.5. The Morgan fingerprint density at radius 2 is 1.62 bits per heavy atom. The van der Waals surface area contributed by atoms with Crippen LogP contribution in [0.1, 0.15) is 0 Å². The Bertz CT molecular complexity index is 39.8. The van der Waals surface area contributed by atoms with Gasteiger partial charge < -0.3 is 9.47 Å². The van der Waals surface area contributed by atoms with Gasteiger partial charge in [-0.05, 0) is 6.92 Å². The summed E-state index contributed by atoms with van der Waals surface area (Å²) in [4.78, 5) is 0. The zero-order valence-corrected chi connectivity index (χ0v) is 5.39. The highest BCUT2D eigenvalue weighted by Gasteiger charge is 1.97. The molecule has 0 atom stereocenters. The summed E-state index contributed by atoms with van der Waals surface area (Å²) in [5.74, 6) is 0.0185. The van der Waals surface area contributed by atoms with Crippen LogP contribution in [0.4, 0.5) is 0 Å². The lowest BCUT2D eigenvalue weighted by molar-refractivity contribution is 0.104. The maximum atomic E-state index is 5.44. The van der Waals surface area contributed by atoms with E-state index in [0.717, 1.165) is 0 Å². The van der Waals surface area contributed by atoms with Gasteiger partial charge in [0, 0.05) is 20.1 Å². The molecule has 0 amide bonds. The third-order valence-electron chi connectivity index (χ3n) is 0.761. The smallest absolute Gasteiger partial charge is 0.0515 e. The molecule has 0 unspecified atom stereocenters. The van der Waals surface area contributed by atoms with E-state index in [1.807, 2.05) is 0 Å². The van der Waals surface area contributed by atoms with E-state index in [1.165, 1.54) is 0 Å². The summed E-state index contributed by atoms with van der Waals surface area (Å²) in [6.07, 6.45) is 0. The number of methoxy groups -OCH3 is 2. The highest BCUT2D eigenvalue weighted by molar-refractivity contribution is 4.56. The SMILES string of the molecule is [CH]C(COC)COC. The van der Waals surface area contributed by atoms with Crippen LogP contribution >= 0.6 is 0 Å². The van der Waals surface area contributed by atoms with Crippen molar-refractivity contribution in [2.45, 2.75) is 0 Å². The van der Waals surface area contributed by atoms with Gasteiger partial charge >= 0.3 is 0 Å². The molecular formula is C6H12O2. The topological polar surface area (TPSA) is 18.5 Å². The van der Waals surface area contributed by atoms with Crippen molar-refractivity contribution >= 4 is 0 Å². The molecule has 0 fully saturated rings. The van der Waals surface area contributed by atoms with E-state index < -0.39 is 0 Å². The molecule has 0 aromatic heterocycles. The van der Waals surface area contributed by atoms with Crippen molar-refractivity contribution in [2.75, 3.05) is 27.4 Å². The van der Waals surface area contributed by atoms with Crippen LogP contribution < -0.4 is 0 Å². The van der Waals surface area contributed by atoms with Crippen molar-refractivity contribution in [3.05, 3.63) is 6.92 Å². The lowest BCUT2D eigenvalue weighted by Gasteiger charge is -2.06. The standard InChI is InChI=1S/C6H12O2/c1-6(4-7-2)5-8-3/h1,6H,4-5H2,2-3H3. The van der Waals surface area contributed by atoms with Crippen LogP contribution in [0.15, 0.2) is 0 Å². The predicted octanol–water partition coefficient (Wildman–Crippen LogP) is 0.606. The first-order valence-electron chi connectivity index (χ1n) is 2.54. The van der Waals surface area contributed by atoms with Crippen molar-refractivity contribution in [1.82, 2.24) is 0 Å². The van der Waals surface area contributed by atoms with Crippen LogP contribution in [-0.2, 0) is 9.47 Å². The largest absolute Gasteiger partial charge is 0.384 e. The number of hydrogen-bond acceptors (Lipinski definition) is 2. The first-order valence-corrected chi connectivity index (χ1v) is 2.54. The summed E-state index contributed by atoms with van der Waals surface area (Å²) in [6.45, 7) is 6.57. The summed E-state index contributed by atoms with van der Waals surface area (Å²) in [6, 6.07) is 0. The van der Waals surface area contributed by atoms with E-state index in [0.29, 0.717) is 13.2 Å². The van der Waals surface area contributed by atoms with Crippen molar-refractivity contribution in [3.63, 3.8) is 0 Å². The molecule has 0 aromatic carbocycles. The van der Waals surface area contributed by atoms with Crippen LogP contribution in [-0.4, -0.2) is 27.4 Å². The van der Waals surface area contributed by atoms with Crippen LogP contribution in [0.25, 0.3) is 0 Å². The molecule has 0 bridgehead atoms. The third-order valence-corrected chi connectivity index (χ3v) is 0.761. The van der Waals surface area contributed by atoms with Crippen molar-refractivity contribution < 1.29 is 9.47 Å². The number of rotatable bonds is 4. The summed E-state index contributed by atoms with van der Waals surface area (Å²) in [5.41, 5.74) is 0. The van der Waals surface area contributed by atoms with Crippen molar-refractivity contribution in [3.8, 4) is 0 Å². The second-order valence-electron chi connectivity index (χ2n) is 1.67. The average molecular weight is 116 g/mol. The molecule has 0 aliphatic carbocycles. The molecule has 0 saturated carbocycles. The lowest BCUT2D eigenvalue weighted by atomic mass is 10.2. The molecule has 48 valence electrons. The van der Waals surface area contributed by atoms with E-state index >= 15 is 0 Å². The van der Waals surface area contributed by atoms with E-state index in [9.17, 15) is 0 Å². The Labute approximate surface area is 50.8 Å². The molecule has 0 rings (SSSR count). The molecule has 2 radical (unpaired) electrons. The van der Waals surface area contributed by atoms with Gasteiger partial charge in [0.2, 0.25) is 0 Å². The summed E-state index contributed by atoms with van der Waals surface area (Å²) in [5, 5.41) is 0. The second-order valence-corrected chi connectivity index (χ2v) is 1.67. The minimum absolute atomic E-state index is 0.0185. The minimum atomic E-state index is 0.0185. The van der Waals surface area contributed by atoms with Gasteiger partial charge in [0.25, 0.3) is 0 Å². The van der Waals surface area contributed by atoms with E-state index in [1.54, 1.807) is 14.2 Å². The van der Waals surface area contributed by atoms with Gasteiger partial charge in [0.05, 0.1) is 13.2 Å². The van der Waals surface area contributed by atoms with Gasteiger partial charge in [-0.2, -0.15) is 0 Å². The van der Waals surface area contributed by atoms with Gasteiger partial charge in [-0.15, -0.1) is 0 Å². The van der Waals surface area contributed by atoms with Gasteiger partial charge in [-0.1, -0.05) is 0 Å². The fourth-order valence-corrected chi connectivity index (χ4v) is 0.476. The predicted molar refractivity (Wildman–Crippen MR) is 31.5 cm³/mol. The normalized spacial score (nSPS) is 10.5. The lowest BCUT2D eigenvalue weighted by Crippen LogP contribution is -2.09. The fraction of sp³-hybridized carbons (Fsp3) is 0.833. The molecule has 0 aliphatic heterocycles. The van der Waals surface area contributed by atoms with Gasteiger partial charge in [0.15, 0.2) is 0 Å². The molecule has 8 heavy (non-hydrogen) atoms. The Balaban J connectivity index is 2.92. The first kappa shape index (κ1) is 7.92. The molecule has 0 aliphatic rings. The summed E-state index contributed by atoms with van der Waals surface area (Å²) < 4.78 is 9.50. The van der Waals surface area contributed by atoms with Crippen LogP contribution in [0, 0.1) is 12.8 Å². The quantitative estimate of drug-likeness (QED) is 0.535. The summed E-state index contributed by atoms with van der Waals surface area (Å²) in [7, 11) is 3.24. The molecular weight excluding hydrogens is 104 g/mol. The van der Waals surface area contributed by atoms with Gasteiger partial charge in [0.1, 0.15) is 0 Å². The van der Waals surface area contributed by atoms with Crippen LogP contribution in [0.2, 0.25) is 0 Å². The Morgan fingerprint density at radius 3 is 1.88 bits per heavy atom. The average Bonchev–Trinajstić information content (AvgIpc) is 1.68. The molecule has 0 heterocycles. The van der Waals surface area contributed by atoms with Gasteiger partial charge in [-0.3, -0.25) is 0 Å². The second kappa shape index (κ2) is 5.06. The van der Waals surface area contributed by atoms with Crippen molar-refractivity contribution in [2.24, 2.45) is 5.92 Å². The maximum absolute atomic E-state index is 5.44. The molecule has 0 saturated heterocycles. The number of hydrogen-bond donors (Lipinski definition) is 0. The van der Waals surface area contributed by atoms with Gasteiger partial charge in [-0.25, -0.2) is 0 Å². The molecule has 2 nitrogen and oxygen atoms in total. The molecule has 0 aromatic rings. The first-order chi connectivity index (χ1) is 3.81. The Hall–Kier alpha value is -0.0800. The van der Waals surface area contributed by atoms with Crippen LogP contribution in [0.5, 0.6) is 0 Å². The maximum Gasteiger partial charge on any atom is 0.0515 e. The molecule has 0 spiro atoms. The fourth-order valence-electron chi connectivity index (χ4n) is 0.476. The van der Waals surface area contributed by atoms with E-state index in [-0.39, 0.29) is 5.92 Å². The zero-order chi connectivity index (χ0) is 6.41. The molecule has 2 heteroatoms. The number of ether oxygens (including phenoxy) is 2. The molecule has 0 N–H and O–H groups in total. The van der Waals surface area contributed by atoms with Crippen LogP contribution in [0.3, 0.4) is 0 Å². The third kappa shape index (κ3) is 4.09. The monoisotopic (exact) mass is 116 g/mol. The zero-order valence-electron chi connectivity index (χ0n) is 5.39. The minimum Gasteiger partial charge on any atom is -0.384 e. The Kier molecular flexibility index (Phi) is 5.01. The highest BCUT2D eigenvalue weighted by Crippen LogP contribution is 1.92. The van der Waals surface area contributed by atoms with Crippen molar-refractivity contribution in [1.29, 1.82) is 0 Å². The summed E-state index contributed by atoms with van der Waals surface area (Å²) >= 11 is 0.